The topological polar surface area (TPSA) is 66.8 Å². The summed E-state index contributed by atoms with van der Waals surface area (Å²) in [4.78, 5) is 22.5. The molecule has 1 amide bonds. The molecule has 1 saturated heterocycles. The Morgan fingerprint density at radius 2 is 2.04 bits per heavy atom. The molecule has 0 saturated carbocycles. The molecule has 0 aliphatic carbocycles. The molecule has 0 unspecified atom stereocenters. The molecule has 4 heterocycles. The van der Waals surface area contributed by atoms with Gasteiger partial charge in [-0.1, -0.05) is 0 Å². The number of carbonyl (C=O) groups excluding carboxylic acids is 1. The third-order valence-corrected chi connectivity index (χ3v) is 5.71. The van der Waals surface area contributed by atoms with E-state index in [4.69, 9.17) is 0 Å². The van der Waals surface area contributed by atoms with Crippen molar-refractivity contribution in [1.29, 1.82) is 0 Å². The van der Waals surface area contributed by atoms with Gasteiger partial charge < -0.3 is 9.88 Å². The quantitative estimate of drug-likeness (QED) is 0.596. The summed E-state index contributed by atoms with van der Waals surface area (Å²) in [6.45, 7) is 1.56. The molecule has 6 heteroatoms. The molecule has 136 valence electrons. The van der Waals surface area contributed by atoms with Crippen molar-refractivity contribution in [3.05, 3.63) is 60.0 Å². The number of aromatic amines is 1. The summed E-state index contributed by atoms with van der Waals surface area (Å²) in [5.41, 5.74) is 4.06. The maximum Gasteiger partial charge on any atom is 0.253 e. The molecule has 27 heavy (non-hydrogen) atoms. The molecule has 6 nitrogen and oxygen atoms in total. The number of pyridine rings is 1. The third kappa shape index (κ3) is 2.68. The third-order valence-electron chi connectivity index (χ3n) is 5.71. The van der Waals surface area contributed by atoms with E-state index >= 15 is 0 Å². The van der Waals surface area contributed by atoms with Gasteiger partial charge in [-0.15, -0.1) is 0 Å². The summed E-state index contributed by atoms with van der Waals surface area (Å²) in [6.07, 6.45) is 7.57. The molecule has 5 rings (SSSR count). The molecular weight excluding hydrogens is 338 g/mol. The van der Waals surface area contributed by atoms with Crippen LogP contribution in [-0.2, 0) is 7.05 Å². The first-order valence-corrected chi connectivity index (χ1v) is 9.34. The van der Waals surface area contributed by atoms with Crippen LogP contribution in [0.3, 0.4) is 0 Å². The summed E-state index contributed by atoms with van der Waals surface area (Å²) in [6, 6.07) is 10.0. The summed E-state index contributed by atoms with van der Waals surface area (Å²) < 4.78 is 1.82. The Bertz CT molecular complexity index is 1130. The highest BCUT2D eigenvalue weighted by Gasteiger charge is 2.26. The second kappa shape index (κ2) is 6.23. The highest BCUT2D eigenvalue weighted by atomic mass is 16.2. The first-order chi connectivity index (χ1) is 13.2. The van der Waals surface area contributed by atoms with Gasteiger partial charge in [-0.25, -0.2) is 4.98 Å². The van der Waals surface area contributed by atoms with Crippen LogP contribution in [-0.4, -0.2) is 43.6 Å². The summed E-state index contributed by atoms with van der Waals surface area (Å²) in [5.74, 6) is 0.580. The number of carbonyl (C=O) groups is 1. The van der Waals surface area contributed by atoms with E-state index in [-0.39, 0.29) is 5.91 Å². The summed E-state index contributed by atoms with van der Waals surface area (Å²) in [5, 5.41) is 6.46. The van der Waals surface area contributed by atoms with Crippen molar-refractivity contribution in [2.75, 3.05) is 13.1 Å². The Labute approximate surface area is 156 Å². The first kappa shape index (κ1) is 16.1. The summed E-state index contributed by atoms with van der Waals surface area (Å²) >= 11 is 0. The van der Waals surface area contributed by atoms with Gasteiger partial charge in [-0.2, -0.15) is 5.10 Å². The fraction of sp³-hybridized carbons (Fsp3) is 0.286. The van der Waals surface area contributed by atoms with Crippen LogP contribution in [0.4, 0.5) is 0 Å². The molecule has 1 aromatic carbocycles. The second-order valence-electron chi connectivity index (χ2n) is 7.25. The first-order valence-electron chi connectivity index (χ1n) is 9.34. The van der Waals surface area contributed by atoms with Crippen molar-refractivity contribution in [3.8, 4) is 0 Å². The van der Waals surface area contributed by atoms with Crippen LogP contribution in [0.2, 0.25) is 0 Å². The number of fused-ring (bicyclic) bond motifs is 2. The van der Waals surface area contributed by atoms with E-state index < -0.39 is 0 Å². The Kier molecular flexibility index (Phi) is 3.70. The van der Waals surface area contributed by atoms with Crippen LogP contribution in [0.15, 0.2) is 48.9 Å². The predicted molar refractivity (Wildman–Crippen MR) is 105 cm³/mol. The van der Waals surface area contributed by atoms with Crippen molar-refractivity contribution < 1.29 is 4.79 Å². The summed E-state index contributed by atoms with van der Waals surface area (Å²) in [7, 11) is 1.91. The number of amides is 1. The molecule has 4 aromatic rings. The van der Waals surface area contributed by atoms with E-state index in [1.807, 2.05) is 53.4 Å². The lowest BCUT2D eigenvalue weighted by molar-refractivity contribution is 0.0713. The number of aryl methyl sites for hydroxylation is 1. The van der Waals surface area contributed by atoms with Crippen molar-refractivity contribution >= 4 is 27.8 Å². The van der Waals surface area contributed by atoms with E-state index in [1.165, 1.54) is 10.9 Å². The SMILES string of the molecule is Cn1ncc2cc(C(=O)N3CCC(c4ccnc5[nH]ccc45)CC3)ccc21. The number of benzene rings is 1. The molecule has 1 fully saturated rings. The van der Waals surface area contributed by atoms with Gasteiger partial charge in [0.2, 0.25) is 0 Å². The molecule has 0 atom stereocenters. The molecule has 0 bridgehead atoms. The number of likely N-dealkylation sites (tertiary alicyclic amines) is 1. The van der Waals surface area contributed by atoms with Crippen molar-refractivity contribution in [3.63, 3.8) is 0 Å². The number of aromatic nitrogens is 4. The number of H-pyrrole nitrogens is 1. The lowest BCUT2D eigenvalue weighted by Gasteiger charge is -2.32. The molecule has 1 aliphatic heterocycles. The highest BCUT2D eigenvalue weighted by Crippen LogP contribution is 2.32. The largest absolute Gasteiger partial charge is 0.346 e. The number of piperidine rings is 1. The van der Waals surface area contributed by atoms with Crippen molar-refractivity contribution in [1.82, 2.24) is 24.6 Å². The van der Waals surface area contributed by atoms with Crippen LogP contribution < -0.4 is 0 Å². The second-order valence-corrected chi connectivity index (χ2v) is 7.25. The monoisotopic (exact) mass is 359 g/mol. The molecule has 1 N–H and O–H groups in total. The van der Waals surface area contributed by atoms with Crippen LogP contribution in [0.25, 0.3) is 21.9 Å². The average Bonchev–Trinajstić information content (AvgIpc) is 3.34. The fourth-order valence-electron chi connectivity index (χ4n) is 4.21. The van der Waals surface area contributed by atoms with Gasteiger partial charge in [0, 0.05) is 48.9 Å². The number of hydrogen-bond donors (Lipinski definition) is 1. The lowest BCUT2D eigenvalue weighted by atomic mass is 9.88. The zero-order chi connectivity index (χ0) is 18.4. The van der Waals surface area contributed by atoms with Gasteiger partial charge in [0.25, 0.3) is 5.91 Å². The Hall–Kier alpha value is -3.15. The van der Waals surface area contributed by atoms with Crippen LogP contribution in [0, 0.1) is 0 Å². The number of rotatable bonds is 2. The minimum absolute atomic E-state index is 0.112. The molecule has 0 spiro atoms. The lowest BCUT2D eigenvalue weighted by Crippen LogP contribution is -2.37. The molecule has 3 aromatic heterocycles. The Balaban J connectivity index is 1.33. The van der Waals surface area contributed by atoms with Gasteiger partial charge in [0.1, 0.15) is 5.65 Å². The maximum atomic E-state index is 12.9. The number of nitrogens with zero attached hydrogens (tertiary/aromatic N) is 4. The molecule has 1 aliphatic rings. The predicted octanol–water partition coefficient (Wildman–Crippen LogP) is 3.47. The van der Waals surface area contributed by atoms with Crippen molar-refractivity contribution in [2.45, 2.75) is 18.8 Å². The van der Waals surface area contributed by atoms with Crippen molar-refractivity contribution in [2.24, 2.45) is 7.05 Å². The molecule has 0 radical (unpaired) electrons. The molecular formula is C21H21N5O. The zero-order valence-corrected chi connectivity index (χ0v) is 15.2. The number of nitrogens with one attached hydrogen (secondary N) is 1. The van der Waals surface area contributed by atoms with Crippen LogP contribution in [0.1, 0.15) is 34.7 Å². The maximum absolute atomic E-state index is 12.9. The van der Waals surface area contributed by atoms with E-state index in [0.717, 1.165) is 48.0 Å². The van der Waals surface area contributed by atoms with E-state index in [0.29, 0.717) is 5.92 Å². The van der Waals surface area contributed by atoms with Gasteiger partial charge in [-0.3, -0.25) is 9.48 Å². The van der Waals surface area contributed by atoms with Gasteiger partial charge in [0.05, 0.1) is 11.7 Å². The smallest absolute Gasteiger partial charge is 0.253 e. The van der Waals surface area contributed by atoms with Gasteiger partial charge >= 0.3 is 0 Å². The minimum Gasteiger partial charge on any atom is -0.346 e. The Morgan fingerprint density at radius 1 is 1.19 bits per heavy atom. The average molecular weight is 359 g/mol. The van der Waals surface area contributed by atoms with E-state index in [2.05, 4.69) is 27.2 Å². The van der Waals surface area contributed by atoms with E-state index in [1.54, 1.807) is 0 Å². The zero-order valence-electron chi connectivity index (χ0n) is 15.2. The van der Waals surface area contributed by atoms with Crippen LogP contribution >= 0.6 is 0 Å². The number of hydrogen-bond acceptors (Lipinski definition) is 3. The fourth-order valence-corrected chi connectivity index (χ4v) is 4.21. The highest BCUT2D eigenvalue weighted by molar-refractivity contribution is 5.98. The Morgan fingerprint density at radius 3 is 2.89 bits per heavy atom. The normalized spacial score (nSPS) is 15.7. The standard InChI is InChI=1S/C21H21N5O/c1-25-19-3-2-15(12-16(19)13-24-25)21(27)26-10-6-14(7-11-26)17-4-8-22-20-18(17)5-9-23-20/h2-5,8-9,12-14H,6-7,10-11H2,1H3,(H,22,23). The van der Waals surface area contributed by atoms with Gasteiger partial charge in [-0.05, 0) is 54.7 Å². The minimum atomic E-state index is 0.112. The van der Waals surface area contributed by atoms with E-state index in [9.17, 15) is 4.79 Å². The van der Waals surface area contributed by atoms with Gasteiger partial charge in [0.15, 0.2) is 0 Å². The van der Waals surface area contributed by atoms with Crippen LogP contribution in [0.5, 0.6) is 0 Å².